The zero-order valence-corrected chi connectivity index (χ0v) is 8.84. The van der Waals surface area contributed by atoms with Crippen LogP contribution in [0.15, 0.2) is 6.07 Å². The highest BCUT2D eigenvalue weighted by Gasteiger charge is 2.15. The van der Waals surface area contributed by atoms with Crippen LogP contribution < -0.4 is 5.73 Å². The van der Waals surface area contributed by atoms with Crippen LogP contribution in [0.3, 0.4) is 0 Å². The van der Waals surface area contributed by atoms with E-state index in [-0.39, 0.29) is 6.10 Å². The molecule has 0 aliphatic carbocycles. The second kappa shape index (κ2) is 4.44. The minimum atomic E-state index is -0.152. The maximum atomic E-state index is 5.90. The van der Waals surface area contributed by atoms with Crippen LogP contribution in [-0.2, 0) is 4.74 Å². The summed E-state index contributed by atoms with van der Waals surface area (Å²) in [5, 5.41) is 0. The third kappa shape index (κ3) is 2.12. The van der Waals surface area contributed by atoms with E-state index in [1.807, 2.05) is 0 Å². The van der Waals surface area contributed by atoms with E-state index >= 15 is 0 Å². The molecule has 0 aliphatic heterocycles. The van der Waals surface area contributed by atoms with Gasteiger partial charge in [-0.25, -0.2) is 0 Å². The minimum Gasteiger partial charge on any atom is -0.375 e. The van der Waals surface area contributed by atoms with Crippen molar-refractivity contribution in [2.75, 3.05) is 13.7 Å². The van der Waals surface area contributed by atoms with E-state index in [2.05, 4.69) is 0 Å². The second-order valence-electron chi connectivity index (χ2n) is 2.24. The van der Waals surface area contributed by atoms with Gasteiger partial charge in [-0.05, 0) is 6.07 Å². The lowest BCUT2D eigenvalue weighted by Crippen LogP contribution is -2.13. The van der Waals surface area contributed by atoms with Gasteiger partial charge in [-0.3, -0.25) is 0 Å². The first kappa shape index (κ1) is 10.3. The number of thiophene rings is 1. The summed E-state index contributed by atoms with van der Waals surface area (Å²) >= 11 is 13.0. The molecule has 0 spiro atoms. The predicted octanol–water partition coefficient (Wildman–Crippen LogP) is 2.70. The van der Waals surface area contributed by atoms with Crippen LogP contribution in [0.1, 0.15) is 11.7 Å². The first-order chi connectivity index (χ1) is 5.69. The summed E-state index contributed by atoms with van der Waals surface area (Å²) in [4.78, 5) is 0. The van der Waals surface area contributed by atoms with Crippen LogP contribution in [0.2, 0.25) is 8.67 Å². The van der Waals surface area contributed by atoms with E-state index in [1.54, 1.807) is 13.2 Å². The SMILES string of the molecule is COC(CN)c1cc(Cl)sc1Cl. The maximum absolute atomic E-state index is 5.90. The van der Waals surface area contributed by atoms with Gasteiger partial charge >= 0.3 is 0 Å². The number of rotatable bonds is 3. The highest BCUT2D eigenvalue weighted by atomic mass is 35.5. The van der Waals surface area contributed by atoms with Crippen LogP contribution in [0.25, 0.3) is 0 Å². The van der Waals surface area contributed by atoms with Crippen molar-refractivity contribution in [2.45, 2.75) is 6.10 Å². The molecular formula is C7H9Cl2NOS. The number of halogens is 2. The van der Waals surface area contributed by atoms with Crippen LogP contribution in [0, 0.1) is 0 Å². The van der Waals surface area contributed by atoms with Crippen molar-refractivity contribution in [2.24, 2.45) is 5.73 Å². The van der Waals surface area contributed by atoms with Gasteiger partial charge in [0.1, 0.15) is 4.34 Å². The molecule has 1 aromatic heterocycles. The van der Waals surface area contributed by atoms with Gasteiger partial charge in [0.15, 0.2) is 0 Å². The summed E-state index contributed by atoms with van der Waals surface area (Å²) < 4.78 is 6.43. The fourth-order valence-corrected chi connectivity index (χ4v) is 2.48. The average molecular weight is 226 g/mol. The largest absolute Gasteiger partial charge is 0.375 e. The number of hydrogen-bond acceptors (Lipinski definition) is 3. The van der Waals surface area contributed by atoms with Crippen LogP contribution in [0.5, 0.6) is 0 Å². The van der Waals surface area contributed by atoms with Gasteiger partial charge in [0.05, 0.1) is 10.4 Å². The minimum absolute atomic E-state index is 0.152. The summed E-state index contributed by atoms with van der Waals surface area (Å²) in [6.07, 6.45) is -0.152. The summed E-state index contributed by atoms with van der Waals surface area (Å²) in [6, 6.07) is 1.79. The molecule has 1 atom stereocenters. The topological polar surface area (TPSA) is 35.2 Å². The molecule has 1 heterocycles. The van der Waals surface area contributed by atoms with Crippen LogP contribution in [0.4, 0.5) is 0 Å². The molecule has 0 amide bonds. The molecule has 2 N–H and O–H groups in total. The summed E-state index contributed by atoms with van der Waals surface area (Å²) in [6.45, 7) is 0.406. The average Bonchev–Trinajstić information content (AvgIpc) is 2.34. The zero-order chi connectivity index (χ0) is 9.14. The lowest BCUT2D eigenvalue weighted by molar-refractivity contribution is 0.111. The highest BCUT2D eigenvalue weighted by Crippen LogP contribution is 2.35. The van der Waals surface area contributed by atoms with Crippen molar-refractivity contribution in [3.8, 4) is 0 Å². The quantitative estimate of drug-likeness (QED) is 0.859. The third-order valence-electron chi connectivity index (χ3n) is 1.53. The maximum Gasteiger partial charge on any atom is 0.100 e. The molecule has 0 saturated heterocycles. The molecule has 2 nitrogen and oxygen atoms in total. The van der Waals surface area contributed by atoms with E-state index in [4.69, 9.17) is 33.7 Å². The summed E-state index contributed by atoms with van der Waals surface area (Å²) in [7, 11) is 1.60. The molecule has 0 fully saturated rings. The Hall–Kier alpha value is 0.200. The Morgan fingerprint density at radius 1 is 1.67 bits per heavy atom. The first-order valence-corrected chi connectivity index (χ1v) is 4.94. The van der Waals surface area contributed by atoms with Gasteiger partial charge in [-0.15, -0.1) is 11.3 Å². The molecular weight excluding hydrogens is 217 g/mol. The number of hydrogen-bond donors (Lipinski definition) is 1. The Balaban J connectivity index is 2.91. The van der Waals surface area contributed by atoms with Crippen molar-refractivity contribution in [3.63, 3.8) is 0 Å². The molecule has 0 saturated carbocycles. The standard InChI is InChI=1S/C7H9Cl2NOS/c1-11-5(3-10)4-2-6(8)12-7(4)9/h2,5H,3,10H2,1H3. The zero-order valence-electron chi connectivity index (χ0n) is 6.51. The van der Waals surface area contributed by atoms with Crippen molar-refractivity contribution in [1.29, 1.82) is 0 Å². The Morgan fingerprint density at radius 3 is 2.67 bits per heavy atom. The second-order valence-corrected chi connectivity index (χ2v) is 4.53. The number of ether oxygens (including phenoxy) is 1. The van der Waals surface area contributed by atoms with Crippen LogP contribution in [-0.4, -0.2) is 13.7 Å². The van der Waals surface area contributed by atoms with E-state index in [0.717, 1.165) is 5.56 Å². The lowest BCUT2D eigenvalue weighted by atomic mass is 10.2. The highest BCUT2D eigenvalue weighted by molar-refractivity contribution is 7.20. The molecule has 68 valence electrons. The van der Waals surface area contributed by atoms with Gasteiger partial charge in [-0.2, -0.15) is 0 Å². The Labute approximate surface area is 85.2 Å². The molecule has 1 aromatic rings. The van der Waals surface area contributed by atoms with E-state index in [0.29, 0.717) is 15.2 Å². The van der Waals surface area contributed by atoms with Crippen molar-refractivity contribution >= 4 is 34.5 Å². The molecule has 12 heavy (non-hydrogen) atoms. The van der Waals surface area contributed by atoms with Crippen molar-refractivity contribution in [3.05, 3.63) is 20.3 Å². The molecule has 0 radical (unpaired) electrons. The predicted molar refractivity (Wildman–Crippen MR) is 53.1 cm³/mol. The molecule has 0 aromatic carbocycles. The van der Waals surface area contributed by atoms with E-state index in [9.17, 15) is 0 Å². The Kier molecular flexibility index (Phi) is 3.80. The number of methoxy groups -OCH3 is 1. The molecule has 0 aliphatic rings. The van der Waals surface area contributed by atoms with Crippen LogP contribution >= 0.6 is 34.5 Å². The first-order valence-electron chi connectivity index (χ1n) is 3.36. The summed E-state index contributed by atoms with van der Waals surface area (Å²) in [5.41, 5.74) is 6.34. The summed E-state index contributed by atoms with van der Waals surface area (Å²) in [5.74, 6) is 0. The number of nitrogens with two attached hydrogens (primary N) is 1. The molecule has 0 bridgehead atoms. The smallest absolute Gasteiger partial charge is 0.100 e. The fraction of sp³-hybridized carbons (Fsp3) is 0.429. The van der Waals surface area contributed by atoms with Gasteiger partial charge in [-0.1, -0.05) is 23.2 Å². The third-order valence-corrected chi connectivity index (χ3v) is 3.05. The van der Waals surface area contributed by atoms with E-state index < -0.39 is 0 Å². The Morgan fingerprint density at radius 2 is 2.33 bits per heavy atom. The molecule has 1 rings (SSSR count). The van der Waals surface area contributed by atoms with E-state index in [1.165, 1.54) is 11.3 Å². The normalized spacial score (nSPS) is 13.3. The van der Waals surface area contributed by atoms with Crippen molar-refractivity contribution < 1.29 is 4.74 Å². The van der Waals surface area contributed by atoms with Crippen molar-refractivity contribution in [1.82, 2.24) is 0 Å². The molecule has 5 heteroatoms. The van der Waals surface area contributed by atoms with Gasteiger partial charge in [0, 0.05) is 19.2 Å². The monoisotopic (exact) mass is 225 g/mol. The molecule has 1 unspecified atom stereocenters. The Bertz CT molecular complexity index is 260. The van der Waals surface area contributed by atoms with Gasteiger partial charge in [0.2, 0.25) is 0 Å². The lowest BCUT2D eigenvalue weighted by Gasteiger charge is -2.10. The van der Waals surface area contributed by atoms with Gasteiger partial charge < -0.3 is 10.5 Å². The van der Waals surface area contributed by atoms with Gasteiger partial charge in [0.25, 0.3) is 0 Å². The fourth-order valence-electron chi connectivity index (χ4n) is 0.923.